The van der Waals surface area contributed by atoms with Gasteiger partial charge in [0.15, 0.2) is 11.6 Å². The normalized spacial score (nSPS) is 11.6. The van der Waals surface area contributed by atoms with Gasteiger partial charge in [-0.2, -0.15) is 13.5 Å². The van der Waals surface area contributed by atoms with Crippen LogP contribution in [0.4, 0.5) is 14.5 Å². The molecule has 0 amide bonds. The molecule has 0 saturated carbocycles. The molecule has 6 nitrogen and oxygen atoms in total. The van der Waals surface area contributed by atoms with Crippen molar-refractivity contribution in [3.8, 4) is 0 Å². The Morgan fingerprint density at radius 1 is 1.35 bits per heavy atom. The van der Waals surface area contributed by atoms with Gasteiger partial charge in [-0.1, -0.05) is 0 Å². The number of aryl methyl sites for hydroxylation is 1. The van der Waals surface area contributed by atoms with Gasteiger partial charge < -0.3 is 5.11 Å². The lowest BCUT2D eigenvalue weighted by Gasteiger charge is -2.07. The molecule has 2 rings (SSSR count). The van der Waals surface area contributed by atoms with Crippen molar-refractivity contribution in [2.75, 3.05) is 4.72 Å². The van der Waals surface area contributed by atoms with Gasteiger partial charge >= 0.3 is 0 Å². The number of H-pyrrole nitrogens is 1. The van der Waals surface area contributed by atoms with Crippen molar-refractivity contribution in [3.63, 3.8) is 0 Å². The van der Waals surface area contributed by atoms with E-state index in [4.69, 9.17) is 5.11 Å². The predicted octanol–water partition coefficient (Wildman–Crippen LogP) is 1.29. The van der Waals surface area contributed by atoms with Crippen LogP contribution in [-0.2, 0) is 16.6 Å². The summed E-state index contributed by atoms with van der Waals surface area (Å²) in [6.45, 7) is 1.03. The van der Waals surface area contributed by atoms with Crippen molar-refractivity contribution in [2.45, 2.75) is 18.6 Å². The van der Waals surface area contributed by atoms with Crippen LogP contribution in [0.15, 0.2) is 23.2 Å². The minimum atomic E-state index is -4.11. The number of aromatic nitrogens is 2. The monoisotopic (exact) mass is 303 g/mol. The quantitative estimate of drug-likeness (QED) is 0.793. The summed E-state index contributed by atoms with van der Waals surface area (Å²) >= 11 is 0. The molecule has 1 heterocycles. The second kappa shape index (κ2) is 5.17. The molecule has 108 valence electrons. The number of nitrogens with zero attached hydrogens (tertiary/aromatic N) is 1. The molecule has 0 atom stereocenters. The molecule has 0 bridgehead atoms. The lowest BCUT2D eigenvalue weighted by atomic mass is 10.3. The summed E-state index contributed by atoms with van der Waals surface area (Å²) in [6, 6.07) is 2.59. The van der Waals surface area contributed by atoms with E-state index in [1.54, 1.807) is 6.92 Å². The summed E-state index contributed by atoms with van der Waals surface area (Å²) in [5.74, 6) is -2.26. The summed E-state index contributed by atoms with van der Waals surface area (Å²) in [7, 11) is -4.11. The van der Waals surface area contributed by atoms with E-state index in [1.165, 1.54) is 0 Å². The summed E-state index contributed by atoms with van der Waals surface area (Å²) in [4.78, 5) is 0. The number of rotatable bonds is 4. The van der Waals surface area contributed by atoms with Crippen molar-refractivity contribution >= 4 is 15.7 Å². The molecule has 3 N–H and O–H groups in total. The summed E-state index contributed by atoms with van der Waals surface area (Å²) in [6.07, 6.45) is 0. The van der Waals surface area contributed by atoms with Gasteiger partial charge in [-0.3, -0.25) is 9.82 Å². The molecular weight excluding hydrogens is 292 g/mol. The second-order valence-electron chi connectivity index (χ2n) is 4.02. The predicted molar refractivity (Wildman–Crippen MR) is 66.4 cm³/mol. The average Bonchev–Trinajstić information content (AvgIpc) is 2.75. The van der Waals surface area contributed by atoms with E-state index in [1.807, 2.05) is 0 Å². The largest absolute Gasteiger partial charge is 0.392 e. The van der Waals surface area contributed by atoms with Crippen LogP contribution in [0.25, 0.3) is 0 Å². The van der Waals surface area contributed by atoms with Gasteiger partial charge in [-0.25, -0.2) is 8.78 Å². The first-order valence-electron chi connectivity index (χ1n) is 5.47. The number of benzene rings is 1. The number of nitrogens with one attached hydrogen (secondary N) is 2. The zero-order valence-corrected chi connectivity index (χ0v) is 11.1. The fourth-order valence-corrected chi connectivity index (χ4v) is 2.84. The highest BCUT2D eigenvalue weighted by Gasteiger charge is 2.23. The minimum Gasteiger partial charge on any atom is -0.392 e. The van der Waals surface area contributed by atoms with Crippen LogP contribution >= 0.6 is 0 Å². The highest BCUT2D eigenvalue weighted by atomic mass is 32.2. The van der Waals surface area contributed by atoms with E-state index in [0.717, 1.165) is 12.1 Å². The lowest BCUT2D eigenvalue weighted by Crippen LogP contribution is -2.15. The highest BCUT2D eigenvalue weighted by Crippen LogP contribution is 2.21. The van der Waals surface area contributed by atoms with Gasteiger partial charge in [0, 0.05) is 17.3 Å². The molecule has 1 aromatic heterocycles. The van der Waals surface area contributed by atoms with Crippen molar-refractivity contribution in [1.82, 2.24) is 10.2 Å². The van der Waals surface area contributed by atoms with Crippen LogP contribution < -0.4 is 4.72 Å². The number of hydrogen-bond donors (Lipinski definition) is 3. The Hall–Kier alpha value is -2.00. The fourth-order valence-electron chi connectivity index (χ4n) is 1.60. The Labute approximate surface area is 113 Å². The van der Waals surface area contributed by atoms with Gasteiger partial charge in [-0.15, -0.1) is 0 Å². The zero-order chi connectivity index (χ0) is 14.9. The van der Waals surface area contributed by atoms with Crippen molar-refractivity contribution in [1.29, 1.82) is 0 Å². The van der Waals surface area contributed by atoms with Gasteiger partial charge in [0.1, 0.15) is 0 Å². The number of sulfonamides is 1. The van der Waals surface area contributed by atoms with Crippen LogP contribution in [-0.4, -0.2) is 23.7 Å². The molecule has 0 spiro atoms. The molecule has 0 aliphatic rings. The van der Waals surface area contributed by atoms with E-state index >= 15 is 0 Å². The van der Waals surface area contributed by atoms with Gasteiger partial charge in [0.05, 0.1) is 12.3 Å². The van der Waals surface area contributed by atoms with E-state index in [0.29, 0.717) is 11.8 Å². The molecule has 20 heavy (non-hydrogen) atoms. The number of anilines is 1. The second-order valence-corrected chi connectivity index (χ2v) is 5.62. The fraction of sp³-hybridized carbons (Fsp3) is 0.182. The lowest BCUT2D eigenvalue weighted by molar-refractivity contribution is 0.277. The maximum absolute atomic E-state index is 13.0. The van der Waals surface area contributed by atoms with Crippen LogP contribution in [0, 0.1) is 18.6 Å². The Kier molecular flexibility index (Phi) is 3.73. The topological polar surface area (TPSA) is 95.1 Å². The summed E-state index contributed by atoms with van der Waals surface area (Å²) < 4.78 is 52.0. The molecular formula is C11H11F2N3O3S. The first kappa shape index (κ1) is 14.4. The highest BCUT2D eigenvalue weighted by molar-refractivity contribution is 7.92. The van der Waals surface area contributed by atoms with E-state index in [2.05, 4.69) is 14.9 Å². The van der Waals surface area contributed by atoms with Gasteiger partial charge in [0.25, 0.3) is 10.0 Å². The minimum absolute atomic E-state index is 0.111. The van der Waals surface area contributed by atoms with Crippen LogP contribution in [0.1, 0.15) is 11.3 Å². The summed E-state index contributed by atoms with van der Waals surface area (Å²) in [5, 5.41) is 14.8. The van der Waals surface area contributed by atoms with E-state index in [-0.39, 0.29) is 16.3 Å². The molecule has 0 saturated heterocycles. The maximum atomic E-state index is 13.0. The number of aliphatic hydroxyl groups excluding tert-OH is 1. The van der Waals surface area contributed by atoms with Gasteiger partial charge in [0.2, 0.25) is 5.03 Å². The average molecular weight is 303 g/mol. The number of aromatic amines is 1. The van der Waals surface area contributed by atoms with Crippen molar-refractivity contribution in [3.05, 3.63) is 41.1 Å². The first-order valence-corrected chi connectivity index (χ1v) is 6.96. The van der Waals surface area contributed by atoms with Crippen molar-refractivity contribution in [2.24, 2.45) is 0 Å². The molecule has 9 heteroatoms. The standard InChI is InChI=1S/C11H11F2N3O3S/c1-6-8(5-17)11(15-14-6)20(18,19)16-7-2-3-9(12)10(13)4-7/h2-4,16-17H,5H2,1H3,(H,14,15). The molecule has 0 radical (unpaired) electrons. The van der Waals surface area contributed by atoms with Crippen LogP contribution in [0.5, 0.6) is 0 Å². The molecule has 0 fully saturated rings. The third-order valence-corrected chi connectivity index (χ3v) is 3.97. The van der Waals surface area contributed by atoms with E-state index < -0.39 is 28.3 Å². The number of hydrogen-bond acceptors (Lipinski definition) is 4. The van der Waals surface area contributed by atoms with E-state index in [9.17, 15) is 17.2 Å². The number of halogens is 2. The zero-order valence-electron chi connectivity index (χ0n) is 10.3. The van der Waals surface area contributed by atoms with Crippen molar-refractivity contribution < 1.29 is 22.3 Å². The maximum Gasteiger partial charge on any atom is 0.281 e. The SMILES string of the molecule is Cc1[nH]nc(S(=O)(=O)Nc2ccc(F)c(F)c2)c1CO. The van der Waals surface area contributed by atoms with Crippen LogP contribution in [0.2, 0.25) is 0 Å². The molecule has 0 aliphatic carbocycles. The van der Waals surface area contributed by atoms with Crippen LogP contribution in [0.3, 0.4) is 0 Å². The Bertz CT molecular complexity index is 743. The Balaban J connectivity index is 2.38. The molecule has 0 unspecified atom stereocenters. The molecule has 0 aliphatic heterocycles. The molecule has 1 aromatic carbocycles. The van der Waals surface area contributed by atoms with Gasteiger partial charge in [-0.05, 0) is 19.1 Å². The first-order chi connectivity index (χ1) is 9.35. The Morgan fingerprint density at radius 3 is 2.65 bits per heavy atom. The third kappa shape index (κ3) is 2.63. The smallest absolute Gasteiger partial charge is 0.281 e. The molecule has 2 aromatic rings. The Morgan fingerprint density at radius 2 is 2.05 bits per heavy atom. The number of aliphatic hydroxyl groups is 1. The summed E-state index contributed by atoms with van der Waals surface area (Å²) in [5.41, 5.74) is 0.367. The third-order valence-electron chi connectivity index (χ3n) is 2.62.